The van der Waals surface area contributed by atoms with Gasteiger partial charge in [0.25, 0.3) is 0 Å². The molecule has 0 aromatic heterocycles. The number of hydrogen-bond acceptors (Lipinski definition) is 5. The Hall–Kier alpha value is -1.48. The molecule has 0 radical (unpaired) electrons. The van der Waals surface area contributed by atoms with Gasteiger partial charge >= 0.3 is 5.51 Å². The number of nitrogens with zero attached hydrogens (tertiary/aromatic N) is 2. The Kier molecular flexibility index (Phi) is 4.71. The summed E-state index contributed by atoms with van der Waals surface area (Å²) in [7, 11) is 0. The number of nitrogens with one attached hydrogen (secondary N) is 1. The van der Waals surface area contributed by atoms with Gasteiger partial charge in [0.1, 0.15) is 0 Å². The molecule has 1 heterocycles. The minimum absolute atomic E-state index is 0.111. The summed E-state index contributed by atoms with van der Waals surface area (Å²) in [6.07, 6.45) is 1.40. The van der Waals surface area contributed by atoms with Crippen molar-refractivity contribution in [1.82, 2.24) is 5.32 Å². The topological polar surface area (TPSA) is 53.8 Å². The molecule has 1 fully saturated rings. The van der Waals surface area contributed by atoms with E-state index in [9.17, 15) is 18.0 Å². The second kappa shape index (κ2) is 6.31. The molecule has 1 N–H and O–H groups in total. The van der Waals surface area contributed by atoms with Crippen LogP contribution < -0.4 is 5.32 Å². The third kappa shape index (κ3) is 4.89. The largest absolute Gasteiger partial charge is 0.446 e. The van der Waals surface area contributed by atoms with Crippen LogP contribution in [0.2, 0.25) is 0 Å². The minimum atomic E-state index is -4.29. The Morgan fingerprint density at radius 1 is 1.30 bits per heavy atom. The fourth-order valence-electron chi connectivity index (χ4n) is 1.28. The van der Waals surface area contributed by atoms with Gasteiger partial charge in [0.05, 0.1) is 12.0 Å². The van der Waals surface area contributed by atoms with Crippen LogP contribution >= 0.6 is 23.5 Å². The Morgan fingerprint density at radius 2 is 2.00 bits per heavy atom. The second-order valence-electron chi connectivity index (χ2n) is 3.60. The molecule has 9 heteroatoms. The van der Waals surface area contributed by atoms with Crippen LogP contribution in [0.4, 0.5) is 13.2 Å². The van der Waals surface area contributed by atoms with E-state index in [0.717, 1.165) is 0 Å². The van der Waals surface area contributed by atoms with Crippen molar-refractivity contribution in [1.29, 1.82) is 0 Å². The Balaban J connectivity index is 1.95. The van der Waals surface area contributed by atoms with Gasteiger partial charge in [-0.05, 0) is 29.5 Å². The van der Waals surface area contributed by atoms with Crippen molar-refractivity contribution in [3.63, 3.8) is 0 Å². The maximum Gasteiger partial charge on any atom is 0.446 e. The molecular weight excluding hydrogens is 311 g/mol. The molecule has 0 saturated carbocycles. The molecular formula is C11H8F3N3OS2. The molecule has 1 aliphatic rings. The number of thioether (sulfide) groups is 2. The maximum atomic E-state index is 12.1. The number of amidine groups is 1. The summed E-state index contributed by atoms with van der Waals surface area (Å²) in [5.74, 6) is 0.190. The number of halogens is 3. The summed E-state index contributed by atoms with van der Waals surface area (Å²) in [5, 5.41) is 10.5. The molecule has 1 aromatic rings. The fourth-order valence-corrected chi connectivity index (χ4v) is 2.45. The molecule has 0 unspecified atom stereocenters. The van der Waals surface area contributed by atoms with Gasteiger partial charge in [-0.3, -0.25) is 4.79 Å². The van der Waals surface area contributed by atoms with Crippen LogP contribution in [0.5, 0.6) is 0 Å². The van der Waals surface area contributed by atoms with Crippen molar-refractivity contribution in [2.45, 2.75) is 10.4 Å². The third-order valence-corrected chi connectivity index (χ3v) is 3.66. The van der Waals surface area contributed by atoms with E-state index in [2.05, 4.69) is 15.5 Å². The van der Waals surface area contributed by atoms with Gasteiger partial charge in [-0.2, -0.15) is 18.3 Å². The molecule has 0 bridgehead atoms. The van der Waals surface area contributed by atoms with E-state index in [1.54, 1.807) is 0 Å². The summed E-state index contributed by atoms with van der Waals surface area (Å²) < 4.78 is 36.4. The first kappa shape index (κ1) is 14.9. The molecule has 106 valence electrons. The first-order valence-corrected chi connectivity index (χ1v) is 7.12. The van der Waals surface area contributed by atoms with Crippen LogP contribution in [-0.2, 0) is 4.79 Å². The SMILES string of the molecule is O=C1CSC(=NN=Cc2ccc(SC(F)(F)F)cc2)N1. The molecule has 0 spiro atoms. The van der Waals surface area contributed by atoms with Gasteiger partial charge in [0.15, 0.2) is 5.17 Å². The average molecular weight is 319 g/mol. The molecule has 1 aromatic carbocycles. The van der Waals surface area contributed by atoms with Crippen LogP contribution in [0, 0.1) is 0 Å². The molecule has 2 rings (SSSR count). The van der Waals surface area contributed by atoms with Crippen molar-refractivity contribution in [2.75, 3.05) is 5.75 Å². The van der Waals surface area contributed by atoms with Crippen molar-refractivity contribution >= 4 is 40.8 Å². The van der Waals surface area contributed by atoms with Crippen LogP contribution in [0.25, 0.3) is 0 Å². The summed E-state index contributed by atoms with van der Waals surface area (Å²) in [4.78, 5) is 11.0. The van der Waals surface area contributed by atoms with Crippen molar-refractivity contribution in [3.8, 4) is 0 Å². The molecule has 0 atom stereocenters. The summed E-state index contributed by atoms with van der Waals surface area (Å²) >= 11 is 1.07. The third-order valence-electron chi connectivity index (χ3n) is 2.06. The van der Waals surface area contributed by atoms with E-state index in [0.29, 0.717) is 16.5 Å². The number of carbonyl (C=O) groups excluding carboxylic acids is 1. The number of hydrogen-bond donors (Lipinski definition) is 1. The lowest BCUT2D eigenvalue weighted by atomic mass is 10.2. The number of amides is 1. The van der Waals surface area contributed by atoms with Crippen molar-refractivity contribution < 1.29 is 18.0 Å². The monoisotopic (exact) mass is 319 g/mol. The number of alkyl halides is 3. The zero-order valence-electron chi connectivity index (χ0n) is 9.85. The van der Waals surface area contributed by atoms with Crippen LogP contribution in [0.1, 0.15) is 5.56 Å². The van der Waals surface area contributed by atoms with Gasteiger partial charge in [-0.15, -0.1) is 5.10 Å². The first-order valence-electron chi connectivity index (χ1n) is 5.32. The van der Waals surface area contributed by atoms with Gasteiger partial charge in [-0.1, -0.05) is 23.9 Å². The maximum absolute atomic E-state index is 12.1. The van der Waals surface area contributed by atoms with Crippen molar-refractivity contribution in [3.05, 3.63) is 29.8 Å². The Morgan fingerprint density at radius 3 is 2.55 bits per heavy atom. The first-order chi connectivity index (χ1) is 9.42. The number of benzene rings is 1. The number of rotatable bonds is 3. The van der Waals surface area contributed by atoms with E-state index in [1.165, 1.54) is 42.2 Å². The molecule has 20 heavy (non-hydrogen) atoms. The lowest BCUT2D eigenvalue weighted by Gasteiger charge is -2.04. The highest BCUT2D eigenvalue weighted by atomic mass is 32.2. The summed E-state index contributed by atoms with van der Waals surface area (Å²) in [6.45, 7) is 0. The normalized spacial score (nSPS) is 17.9. The van der Waals surface area contributed by atoms with Gasteiger partial charge in [0.2, 0.25) is 5.91 Å². The van der Waals surface area contributed by atoms with Crippen molar-refractivity contribution in [2.24, 2.45) is 10.2 Å². The van der Waals surface area contributed by atoms with E-state index in [4.69, 9.17) is 0 Å². The highest BCUT2D eigenvalue weighted by Gasteiger charge is 2.28. The minimum Gasteiger partial charge on any atom is -0.303 e. The standard InChI is InChI=1S/C11H8F3N3OS2/c12-11(13,14)20-8-3-1-7(2-4-8)5-15-17-10-16-9(18)6-19-10/h1-5H,6H2,(H,16,17,18). The van der Waals surface area contributed by atoms with Gasteiger partial charge < -0.3 is 5.32 Å². The second-order valence-corrected chi connectivity index (χ2v) is 5.71. The predicted molar refractivity (Wildman–Crippen MR) is 74.0 cm³/mol. The number of carbonyl (C=O) groups is 1. The van der Waals surface area contributed by atoms with Gasteiger partial charge in [-0.25, -0.2) is 0 Å². The molecule has 1 aliphatic heterocycles. The van der Waals surface area contributed by atoms with Crippen LogP contribution in [0.3, 0.4) is 0 Å². The van der Waals surface area contributed by atoms with Crippen LogP contribution in [0.15, 0.2) is 39.4 Å². The molecule has 1 amide bonds. The Bertz CT molecular complexity index is 555. The fraction of sp³-hybridized carbons (Fsp3) is 0.182. The highest BCUT2D eigenvalue weighted by Crippen LogP contribution is 2.36. The summed E-state index contributed by atoms with van der Waals surface area (Å²) in [5.41, 5.74) is -3.67. The lowest BCUT2D eigenvalue weighted by Crippen LogP contribution is -2.19. The van der Waals surface area contributed by atoms with E-state index in [-0.39, 0.29) is 22.6 Å². The quantitative estimate of drug-likeness (QED) is 0.529. The average Bonchev–Trinajstić information content (AvgIpc) is 2.75. The lowest BCUT2D eigenvalue weighted by molar-refractivity contribution is -0.116. The predicted octanol–water partition coefficient (Wildman–Crippen LogP) is 2.85. The molecule has 4 nitrogen and oxygen atoms in total. The van der Waals surface area contributed by atoms with Crippen LogP contribution in [-0.4, -0.2) is 28.6 Å². The van der Waals surface area contributed by atoms with Gasteiger partial charge in [0, 0.05) is 4.90 Å². The van der Waals surface area contributed by atoms with E-state index < -0.39 is 5.51 Å². The van der Waals surface area contributed by atoms with E-state index in [1.807, 2.05) is 0 Å². The Labute approximate surface area is 120 Å². The molecule has 0 aliphatic carbocycles. The smallest absolute Gasteiger partial charge is 0.303 e. The zero-order valence-corrected chi connectivity index (χ0v) is 11.5. The summed E-state index contributed by atoms with van der Waals surface area (Å²) in [6, 6.07) is 5.74. The highest BCUT2D eigenvalue weighted by molar-refractivity contribution is 8.15. The zero-order chi connectivity index (χ0) is 14.6. The van der Waals surface area contributed by atoms with E-state index >= 15 is 0 Å². The molecule has 1 saturated heterocycles.